The molecule has 3 rings (SSSR count). The van der Waals surface area contributed by atoms with Gasteiger partial charge in [0.2, 0.25) is 12.3 Å². The fourth-order valence-corrected chi connectivity index (χ4v) is 3.09. The highest BCUT2D eigenvalue weighted by molar-refractivity contribution is 5.69. The third-order valence-electron chi connectivity index (χ3n) is 4.68. The molecule has 0 spiro atoms. The number of carbonyl (C=O) groups excluding carboxylic acids is 1. The lowest BCUT2D eigenvalue weighted by atomic mass is 10.00. The summed E-state index contributed by atoms with van der Waals surface area (Å²) in [4.78, 5) is 13.8. The summed E-state index contributed by atoms with van der Waals surface area (Å²) in [5.41, 5.74) is 11.9. The molecule has 0 atom stereocenters. The van der Waals surface area contributed by atoms with Crippen molar-refractivity contribution >= 4 is 12.1 Å². The lowest BCUT2D eigenvalue weighted by Crippen LogP contribution is -2.36. The number of nitrogens with one attached hydrogen (secondary N) is 3. The number of nitrogens with two attached hydrogens (primary N) is 1. The maximum Gasteiger partial charge on any atom is 0.222 e. The number of hydrogen-bond acceptors (Lipinski definition) is 6. The second-order valence-electron chi connectivity index (χ2n) is 6.64. The summed E-state index contributed by atoms with van der Waals surface area (Å²) in [5, 5.41) is 3.22. The van der Waals surface area contributed by atoms with Crippen molar-refractivity contribution in [2.24, 2.45) is 5.84 Å². The van der Waals surface area contributed by atoms with Gasteiger partial charge in [-0.1, -0.05) is 36.4 Å². The van der Waals surface area contributed by atoms with Crippen LogP contribution in [0.25, 0.3) is 11.1 Å². The smallest absolute Gasteiger partial charge is 0.222 e. The van der Waals surface area contributed by atoms with Gasteiger partial charge in [-0.2, -0.15) is 5.53 Å². The topological polar surface area (TPSA) is 101 Å². The van der Waals surface area contributed by atoms with Crippen LogP contribution in [0.3, 0.4) is 0 Å². The molecule has 0 aliphatic rings. The predicted molar refractivity (Wildman–Crippen MR) is 121 cm³/mol. The molecule has 1 heterocycles. The average Bonchev–Trinajstić information content (AvgIpc) is 2.74. The molecular formula is C23H29N5O2. The maximum atomic E-state index is 9.15. The summed E-state index contributed by atoms with van der Waals surface area (Å²) in [7, 11) is 1.93. The molecular weight excluding hydrogens is 378 g/mol. The van der Waals surface area contributed by atoms with Crippen LogP contribution in [0.5, 0.6) is 5.88 Å². The van der Waals surface area contributed by atoms with Crippen molar-refractivity contribution in [1.82, 2.24) is 15.9 Å². The van der Waals surface area contributed by atoms with E-state index in [4.69, 9.17) is 9.53 Å². The lowest BCUT2D eigenvalue weighted by Gasteiger charge is -2.14. The van der Waals surface area contributed by atoms with Crippen molar-refractivity contribution < 1.29 is 9.53 Å². The summed E-state index contributed by atoms with van der Waals surface area (Å²) in [6.07, 6.45) is 0.444. The van der Waals surface area contributed by atoms with Gasteiger partial charge < -0.3 is 10.1 Å². The summed E-state index contributed by atoms with van der Waals surface area (Å²) in [6, 6.07) is 18.6. The van der Waals surface area contributed by atoms with Gasteiger partial charge in [0.25, 0.3) is 0 Å². The van der Waals surface area contributed by atoms with Gasteiger partial charge in [-0.3, -0.25) is 16.1 Å². The molecule has 7 nitrogen and oxygen atoms in total. The van der Waals surface area contributed by atoms with Gasteiger partial charge in [0.05, 0.1) is 0 Å². The molecule has 0 aliphatic heterocycles. The monoisotopic (exact) mass is 407 g/mol. The van der Waals surface area contributed by atoms with Gasteiger partial charge >= 0.3 is 0 Å². The van der Waals surface area contributed by atoms with Gasteiger partial charge in [-0.05, 0) is 49.6 Å². The molecule has 3 aromatic rings. The van der Waals surface area contributed by atoms with E-state index in [9.17, 15) is 0 Å². The van der Waals surface area contributed by atoms with E-state index in [0.29, 0.717) is 18.9 Å². The van der Waals surface area contributed by atoms with E-state index >= 15 is 0 Å². The molecule has 158 valence electrons. The van der Waals surface area contributed by atoms with Crippen LogP contribution in [0.2, 0.25) is 0 Å². The Morgan fingerprint density at radius 2 is 1.70 bits per heavy atom. The van der Waals surface area contributed by atoms with Crippen molar-refractivity contribution in [2.45, 2.75) is 27.4 Å². The Labute approximate surface area is 177 Å². The molecule has 0 aliphatic carbocycles. The van der Waals surface area contributed by atoms with E-state index in [2.05, 4.69) is 72.5 Å². The average molecular weight is 408 g/mol. The number of benzene rings is 2. The number of hydrazine groups is 2. The minimum atomic E-state index is 0.444. The molecule has 7 heteroatoms. The van der Waals surface area contributed by atoms with Crippen molar-refractivity contribution in [3.05, 3.63) is 77.0 Å². The zero-order valence-electron chi connectivity index (χ0n) is 17.8. The maximum absolute atomic E-state index is 9.15. The number of aryl methyl sites for hydroxylation is 3. The van der Waals surface area contributed by atoms with Crippen LogP contribution in [0.1, 0.15) is 22.4 Å². The SMILES string of the molecule is CNc1cccc(C)c1COc1ccc(-c2ccccc2C)c(C)n1.NNNC=O. The lowest BCUT2D eigenvalue weighted by molar-refractivity contribution is -0.110. The second kappa shape index (κ2) is 11.5. The number of anilines is 1. The first-order valence-corrected chi connectivity index (χ1v) is 9.59. The van der Waals surface area contributed by atoms with Gasteiger partial charge in [-0.25, -0.2) is 4.98 Å². The molecule has 0 radical (unpaired) electrons. The molecule has 0 fully saturated rings. The molecule has 30 heavy (non-hydrogen) atoms. The van der Waals surface area contributed by atoms with Gasteiger partial charge in [0, 0.05) is 35.6 Å². The largest absolute Gasteiger partial charge is 0.473 e. The van der Waals surface area contributed by atoms with Gasteiger partial charge in [0.1, 0.15) is 6.61 Å². The zero-order valence-corrected chi connectivity index (χ0v) is 17.8. The quantitative estimate of drug-likeness (QED) is 0.272. The Bertz CT molecular complexity index is 976. The number of hydrogen-bond donors (Lipinski definition) is 4. The van der Waals surface area contributed by atoms with E-state index < -0.39 is 0 Å². The van der Waals surface area contributed by atoms with E-state index in [1.165, 1.54) is 16.7 Å². The van der Waals surface area contributed by atoms with Crippen LogP contribution in [-0.2, 0) is 11.4 Å². The highest BCUT2D eigenvalue weighted by atomic mass is 16.5. The molecule has 1 amide bonds. The summed E-state index contributed by atoms with van der Waals surface area (Å²) < 4.78 is 5.97. The van der Waals surface area contributed by atoms with Crippen LogP contribution in [0.15, 0.2) is 54.6 Å². The van der Waals surface area contributed by atoms with Gasteiger partial charge in [0.15, 0.2) is 0 Å². The molecule has 5 N–H and O–H groups in total. The third kappa shape index (κ3) is 6.04. The Kier molecular flexibility index (Phi) is 8.80. The number of amides is 1. The number of aromatic nitrogens is 1. The molecule has 0 saturated carbocycles. The van der Waals surface area contributed by atoms with E-state index in [0.717, 1.165) is 22.5 Å². The van der Waals surface area contributed by atoms with Crippen LogP contribution >= 0.6 is 0 Å². The zero-order chi connectivity index (χ0) is 21.9. The Morgan fingerprint density at radius 3 is 2.30 bits per heavy atom. The standard InChI is InChI=1S/C22H24N2O.CH5N3O/c1-15-8-5-6-10-18(15)19-12-13-22(24-17(19)3)25-14-20-16(2)9-7-11-21(20)23-4;2-4-3-1-5/h5-13,23H,14H2,1-4H3;1,4H,2H2,(H,3,5). The first-order valence-electron chi connectivity index (χ1n) is 9.59. The van der Waals surface area contributed by atoms with Crippen molar-refractivity contribution in [2.75, 3.05) is 12.4 Å². The Balaban J connectivity index is 0.000000575. The van der Waals surface area contributed by atoms with Crippen LogP contribution in [0.4, 0.5) is 5.69 Å². The summed E-state index contributed by atoms with van der Waals surface area (Å²) in [5.74, 6) is 5.20. The van der Waals surface area contributed by atoms with Crippen molar-refractivity contribution in [1.29, 1.82) is 0 Å². The fourth-order valence-electron chi connectivity index (χ4n) is 3.09. The molecule has 0 saturated heterocycles. The first-order chi connectivity index (χ1) is 14.5. The summed E-state index contributed by atoms with van der Waals surface area (Å²) in [6.45, 7) is 6.75. The number of pyridine rings is 1. The minimum Gasteiger partial charge on any atom is -0.473 e. The normalized spacial score (nSPS) is 9.90. The molecule has 1 aromatic heterocycles. The molecule has 2 aromatic carbocycles. The van der Waals surface area contributed by atoms with Crippen LogP contribution in [0, 0.1) is 20.8 Å². The van der Waals surface area contributed by atoms with Crippen LogP contribution in [-0.4, -0.2) is 18.4 Å². The molecule has 0 bridgehead atoms. The Morgan fingerprint density at radius 1 is 0.967 bits per heavy atom. The van der Waals surface area contributed by atoms with E-state index in [-0.39, 0.29) is 0 Å². The second-order valence-corrected chi connectivity index (χ2v) is 6.64. The minimum absolute atomic E-state index is 0.444. The highest BCUT2D eigenvalue weighted by Crippen LogP contribution is 2.28. The van der Waals surface area contributed by atoms with Crippen molar-refractivity contribution in [3.63, 3.8) is 0 Å². The Hall–Kier alpha value is -3.42. The van der Waals surface area contributed by atoms with E-state index in [1.54, 1.807) is 0 Å². The predicted octanol–water partition coefficient (Wildman–Crippen LogP) is 3.41. The number of nitrogens with zero attached hydrogens (tertiary/aromatic N) is 1. The number of ether oxygens (including phenoxy) is 1. The number of rotatable bonds is 7. The van der Waals surface area contributed by atoms with Crippen LogP contribution < -0.4 is 26.9 Å². The molecule has 0 unspecified atom stereocenters. The first kappa shape index (κ1) is 22.9. The number of carbonyl (C=O) groups is 1. The highest BCUT2D eigenvalue weighted by Gasteiger charge is 2.09. The fraction of sp³-hybridized carbons (Fsp3) is 0.217. The summed E-state index contributed by atoms with van der Waals surface area (Å²) >= 11 is 0. The van der Waals surface area contributed by atoms with Gasteiger partial charge in [-0.15, -0.1) is 0 Å². The third-order valence-corrected chi connectivity index (χ3v) is 4.68. The van der Waals surface area contributed by atoms with E-state index in [1.807, 2.05) is 37.1 Å². The van der Waals surface area contributed by atoms with Crippen molar-refractivity contribution in [3.8, 4) is 17.0 Å².